The van der Waals surface area contributed by atoms with Gasteiger partial charge in [0.25, 0.3) is 0 Å². The lowest BCUT2D eigenvalue weighted by Gasteiger charge is -2.20. The summed E-state index contributed by atoms with van der Waals surface area (Å²) in [6, 6.07) is 114. The van der Waals surface area contributed by atoms with Crippen molar-refractivity contribution in [2.24, 2.45) is 0 Å². The number of rotatable bonds is 10. The fraction of sp³-hybridized carbons (Fsp3) is 0.294. The lowest BCUT2D eigenvalue weighted by atomic mass is 9.82. The molecule has 1 nitrogen and oxygen atoms in total. The van der Waals surface area contributed by atoms with Crippen LogP contribution in [-0.2, 0) is 17.3 Å². The standard InChI is InChI=1S/C15H14.C15H16.C13H10O.C13H14.C12H18.C11H14.C11H16.C10H14.C9H12/c1-15(2)13-9-5-3-7-11(13)12-8-4-6-10-14(12)15;1-12(2)13-8-10-15(11-9-13)14-6-4-3-5-7-14;14-13(11-7-3-1-4-8-11)12-9-5-2-6-10-12;1-10(2)12-9-5-7-11-6-3-4-8-13(11)12;1-9(2)11-5-7-12(8-6-11)10(3)4;1-11(2)8-7-9-5-3-4-6-10(9)11;1-8(2)11-6-5-9(3)10(4)7-11;1-8(2)10-6-4-9(3)5-7-10;1-8(2)9-6-4-3-5-7-9/h3-10H,1-2H3;3-12H,1-2H3;1-10H;3-10H,1-2H3;5-10H,1-4H3;3-6H,7-8H2,1-2H3;5-8H,1-4H3;4-8H,1-3H3;3-8H,1-2H3. The van der Waals surface area contributed by atoms with Crippen molar-refractivity contribution < 1.29 is 4.79 Å². The van der Waals surface area contributed by atoms with Gasteiger partial charge >= 0.3 is 0 Å². The average Bonchev–Trinajstić information content (AvgIpc) is 1.59. The van der Waals surface area contributed by atoms with Crippen LogP contribution in [0.25, 0.3) is 33.0 Å². The lowest BCUT2D eigenvalue weighted by molar-refractivity contribution is 0.103. The minimum absolute atomic E-state index is 0.0752. The maximum Gasteiger partial charge on any atom is 0.193 e. The third-order valence-corrected chi connectivity index (χ3v) is 21.1. The molecule has 0 saturated heterocycles. The Morgan fingerprint density at radius 2 is 0.636 bits per heavy atom. The summed E-state index contributed by atoms with van der Waals surface area (Å²) in [4.78, 5) is 11.8. The molecule has 0 saturated carbocycles. The van der Waals surface area contributed by atoms with Crippen LogP contribution in [0.4, 0.5) is 0 Å². The van der Waals surface area contributed by atoms with Crippen LogP contribution in [-0.4, -0.2) is 5.78 Å². The summed E-state index contributed by atoms with van der Waals surface area (Å²) in [7, 11) is 0. The molecule has 0 unspecified atom stereocenters. The number of carbonyl (C=O) groups is 1. The molecule has 0 aliphatic heterocycles. The molecule has 570 valence electrons. The Balaban J connectivity index is 0.000000173. The molecule has 2 aliphatic carbocycles. The van der Waals surface area contributed by atoms with E-state index in [4.69, 9.17) is 0 Å². The van der Waals surface area contributed by atoms with E-state index in [1.165, 1.54) is 113 Å². The Morgan fingerprint density at radius 1 is 0.291 bits per heavy atom. The Morgan fingerprint density at radius 3 is 1.06 bits per heavy atom. The topological polar surface area (TPSA) is 17.1 Å². The van der Waals surface area contributed by atoms with Crippen molar-refractivity contribution >= 4 is 16.6 Å². The highest BCUT2D eigenvalue weighted by Crippen LogP contribution is 2.48. The first-order valence-electron chi connectivity index (χ1n) is 40.4. The second-order valence-corrected chi connectivity index (χ2v) is 32.8. The largest absolute Gasteiger partial charge is 0.289 e. The summed E-state index contributed by atoms with van der Waals surface area (Å²) in [5.74, 6) is 4.53. The molecule has 110 heavy (non-hydrogen) atoms. The van der Waals surface area contributed by atoms with Gasteiger partial charge in [0.05, 0.1) is 0 Å². The molecule has 1 heteroatoms. The van der Waals surface area contributed by atoms with Gasteiger partial charge < -0.3 is 0 Å². The van der Waals surface area contributed by atoms with Crippen molar-refractivity contribution in [3.05, 3.63) is 417 Å². The van der Waals surface area contributed by atoms with E-state index >= 15 is 0 Å². The number of hydrogen-bond acceptors (Lipinski definition) is 1. The van der Waals surface area contributed by atoms with Gasteiger partial charge in [0.2, 0.25) is 0 Å². The first kappa shape index (κ1) is 87.0. The minimum Gasteiger partial charge on any atom is -0.289 e. The second kappa shape index (κ2) is 43.3. The van der Waals surface area contributed by atoms with Crippen LogP contribution in [0, 0.1) is 20.8 Å². The smallest absolute Gasteiger partial charge is 0.193 e. The van der Waals surface area contributed by atoms with Gasteiger partial charge in [-0.3, -0.25) is 4.79 Å². The van der Waals surface area contributed by atoms with Crippen molar-refractivity contribution in [1.29, 1.82) is 0 Å². The summed E-state index contributed by atoms with van der Waals surface area (Å²) in [5.41, 5.74) is 27.5. The predicted octanol–water partition coefficient (Wildman–Crippen LogP) is 31.5. The van der Waals surface area contributed by atoms with E-state index in [1.54, 1.807) is 11.1 Å². The van der Waals surface area contributed by atoms with Crippen molar-refractivity contribution in [2.75, 3.05) is 0 Å². The van der Waals surface area contributed by atoms with Crippen LogP contribution in [0.3, 0.4) is 0 Å². The maximum atomic E-state index is 11.8. The highest BCUT2D eigenvalue weighted by atomic mass is 16.1. The SMILES string of the molecule is CC(C)c1ccc(-c2ccccc2)cc1.CC(C)c1ccc(C(C)C)cc1.CC(C)c1cccc2ccccc12.CC(C)c1ccccc1.CC1(C)CCc2ccccc21.CC1(C)c2ccccc2-c2ccccc21.Cc1ccc(C(C)C)cc1.Cc1ccc(C(C)C)cc1C.O=C(c1ccccc1)c1ccccc1. The van der Waals surface area contributed by atoms with Crippen molar-refractivity contribution in [1.82, 2.24) is 0 Å². The van der Waals surface area contributed by atoms with Crippen LogP contribution in [0.15, 0.2) is 328 Å². The zero-order valence-electron chi connectivity index (χ0n) is 70.5. The Kier molecular flexibility index (Phi) is 34.2. The molecular weight excluding hydrogens is 1330 g/mol. The first-order valence-corrected chi connectivity index (χ1v) is 40.4. The molecule has 0 bridgehead atoms. The van der Waals surface area contributed by atoms with E-state index in [-0.39, 0.29) is 11.2 Å². The monoisotopic (exact) mass is 1450 g/mol. The Bertz CT molecular complexity index is 4680. The van der Waals surface area contributed by atoms with E-state index in [2.05, 4.69) is 400 Å². The fourth-order valence-electron chi connectivity index (χ4n) is 13.6. The third-order valence-electron chi connectivity index (χ3n) is 21.1. The molecule has 0 heterocycles. The van der Waals surface area contributed by atoms with E-state index in [1.807, 2.05) is 72.8 Å². The molecule has 0 radical (unpaired) electrons. The zero-order chi connectivity index (χ0) is 79.9. The van der Waals surface area contributed by atoms with Crippen molar-refractivity contribution in [3.63, 3.8) is 0 Å². The summed E-state index contributed by atoms with van der Waals surface area (Å²) in [5, 5.41) is 2.73. The van der Waals surface area contributed by atoms with Gasteiger partial charge in [-0.25, -0.2) is 0 Å². The van der Waals surface area contributed by atoms with E-state index in [0.717, 1.165) is 11.1 Å². The summed E-state index contributed by atoms with van der Waals surface area (Å²) < 4.78 is 0. The van der Waals surface area contributed by atoms with Gasteiger partial charge in [-0.1, -0.05) is 458 Å². The number of aryl methyl sites for hydroxylation is 4. The number of fused-ring (bicyclic) bond motifs is 5. The van der Waals surface area contributed by atoms with Gasteiger partial charge in [0.1, 0.15) is 0 Å². The minimum atomic E-state index is 0.0752. The molecule has 13 aromatic carbocycles. The maximum absolute atomic E-state index is 11.8. The molecule has 0 fully saturated rings. The van der Waals surface area contributed by atoms with Gasteiger partial charge in [-0.05, 0) is 186 Å². The first-order chi connectivity index (χ1) is 52.6. The Hall–Kier alpha value is -10.2. The van der Waals surface area contributed by atoms with Crippen LogP contribution in [0.5, 0.6) is 0 Å². The molecule has 13 aromatic rings. The molecule has 2 aliphatic rings. The van der Waals surface area contributed by atoms with Gasteiger partial charge in [-0.2, -0.15) is 0 Å². The highest BCUT2D eigenvalue weighted by molar-refractivity contribution is 6.08. The van der Waals surface area contributed by atoms with Crippen LogP contribution < -0.4 is 0 Å². The lowest BCUT2D eigenvalue weighted by Crippen LogP contribution is -2.14. The predicted molar refractivity (Wildman–Crippen MR) is 483 cm³/mol. The van der Waals surface area contributed by atoms with E-state index < -0.39 is 0 Å². The van der Waals surface area contributed by atoms with E-state index in [0.29, 0.717) is 46.8 Å². The second-order valence-electron chi connectivity index (χ2n) is 32.8. The summed E-state index contributed by atoms with van der Waals surface area (Å²) >= 11 is 0. The highest BCUT2D eigenvalue weighted by Gasteiger charge is 2.34. The van der Waals surface area contributed by atoms with Gasteiger partial charge in [0, 0.05) is 16.5 Å². The number of benzene rings is 13. The zero-order valence-corrected chi connectivity index (χ0v) is 70.5. The van der Waals surface area contributed by atoms with Gasteiger partial charge in [0.15, 0.2) is 5.78 Å². The molecule has 0 atom stereocenters. The van der Waals surface area contributed by atoms with Crippen LogP contribution in [0.2, 0.25) is 0 Å². The Labute approximate surface area is 666 Å². The average molecular weight is 1450 g/mol. The fourth-order valence-corrected chi connectivity index (χ4v) is 13.6. The van der Waals surface area contributed by atoms with Crippen molar-refractivity contribution in [3.8, 4) is 22.3 Å². The molecule has 0 amide bonds. The molecular formula is C109H128O. The quantitative estimate of drug-likeness (QED) is 0.125. The normalized spacial score (nSPS) is 12.2. The molecule has 0 aromatic heterocycles. The van der Waals surface area contributed by atoms with Gasteiger partial charge in [-0.15, -0.1) is 0 Å². The number of hydrogen-bond donors (Lipinski definition) is 0. The van der Waals surface area contributed by atoms with Crippen LogP contribution >= 0.6 is 0 Å². The number of carbonyl (C=O) groups excluding carboxylic acids is 1. The summed E-state index contributed by atoms with van der Waals surface area (Å²) in [6.45, 7) is 46.8. The third kappa shape index (κ3) is 26.3. The number of ketones is 1. The van der Waals surface area contributed by atoms with Crippen molar-refractivity contribution in [2.45, 2.75) is 210 Å². The summed E-state index contributed by atoms with van der Waals surface area (Å²) in [6.07, 6.45) is 2.58. The molecule has 15 rings (SSSR count). The molecule has 0 spiro atoms. The van der Waals surface area contributed by atoms with E-state index in [9.17, 15) is 4.79 Å². The molecule has 0 N–H and O–H groups in total. The van der Waals surface area contributed by atoms with Crippen LogP contribution in [0.1, 0.15) is 266 Å².